The van der Waals surface area contributed by atoms with Crippen molar-refractivity contribution < 1.29 is 24.2 Å². The summed E-state index contributed by atoms with van der Waals surface area (Å²) in [5.74, 6) is -0.834. The molecule has 2 N–H and O–H groups in total. The Hall–Kier alpha value is -3.12. The van der Waals surface area contributed by atoms with Crippen LogP contribution in [0.3, 0.4) is 0 Å². The van der Waals surface area contributed by atoms with Crippen LogP contribution < -0.4 is 5.32 Å². The molecule has 0 bridgehead atoms. The lowest BCUT2D eigenvalue weighted by Gasteiger charge is -2.20. The molecule has 2 atom stereocenters. The number of carbonyl (C=O) groups is 2. The van der Waals surface area contributed by atoms with Gasteiger partial charge in [0, 0.05) is 5.92 Å². The number of amides is 1. The van der Waals surface area contributed by atoms with Crippen molar-refractivity contribution >= 4 is 12.1 Å². The lowest BCUT2D eigenvalue weighted by atomic mass is 9.98. The van der Waals surface area contributed by atoms with Gasteiger partial charge in [0.2, 0.25) is 0 Å². The maximum Gasteiger partial charge on any atom is 0.407 e. The molecule has 1 aliphatic rings. The Morgan fingerprint density at radius 1 is 1.11 bits per heavy atom. The normalized spacial score (nSPS) is 14.4. The molecule has 0 fully saturated rings. The van der Waals surface area contributed by atoms with Crippen LogP contribution in [0.15, 0.2) is 61.2 Å². The minimum atomic E-state index is -1.21. The average molecular weight is 381 g/mol. The smallest absolute Gasteiger partial charge is 0.407 e. The van der Waals surface area contributed by atoms with Gasteiger partial charge in [-0.3, -0.25) is 0 Å². The third-order valence-corrected chi connectivity index (χ3v) is 4.70. The maximum atomic E-state index is 12.2. The topological polar surface area (TPSA) is 84.9 Å². The van der Waals surface area contributed by atoms with E-state index in [9.17, 15) is 14.7 Å². The van der Waals surface area contributed by atoms with Crippen LogP contribution in [0, 0.1) is 0 Å². The number of ether oxygens (including phenoxy) is 2. The SMILES string of the molecule is C=CCOC(=O)[C@@H](NC(=O)OCC1c2ccccc2-c2ccccc21)[C@@H](C)O. The van der Waals surface area contributed by atoms with E-state index in [1.165, 1.54) is 13.0 Å². The second-order valence-electron chi connectivity index (χ2n) is 6.61. The number of carbonyl (C=O) groups excluding carboxylic acids is 2. The van der Waals surface area contributed by atoms with Crippen molar-refractivity contribution in [3.8, 4) is 11.1 Å². The van der Waals surface area contributed by atoms with Crippen LogP contribution in [0.4, 0.5) is 4.79 Å². The van der Waals surface area contributed by atoms with Crippen LogP contribution in [0.25, 0.3) is 11.1 Å². The minimum Gasteiger partial charge on any atom is -0.460 e. The van der Waals surface area contributed by atoms with Gasteiger partial charge < -0.3 is 19.9 Å². The number of aliphatic hydroxyl groups excluding tert-OH is 1. The van der Waals surface area contributed by atoms with Crippen LogP contribution in [0.1, 0.15) is 24.0 Å². The minimum absolute atomic E-state index is 0.00553. The molecular formula is C22H23NO5. The molecule has 0 aliphatic heterocycles. The van der Waals surface area contributed by atoms with Crippen molar-refractivity contribution in [2.45, 2.75) is 25.0 Å². The first-order valence-electron chi connectivity index (χ1n) is 9.10. The predicted molar refractivity (Wildman–Crippen MR) is 105 cm³/mol. The molecule has 6 nitrogen and oxygen atoms in total. The van der Waals surface area contributed by atoms with Gasteiger partial charge in [-0.2, -0.15) is 0 Å². The van der Waals surface area contributed by atoms with Crippen molar-refractivity contribution in [3.63, 3.8) is 0 Å². The number of rotatable bonds is 7. The summed E-state index contributed by atoms with van der Waals surface area (Å²) >= 11 is 0. The van der Waals surface area contributed by atoms with Crippen molar-refractivity contribution in [1.29, 1.82) is 0 Å². The third kappa shape index (κ3) is 4.07. The summed E-state index contributed by atoms with van der Waals surface area (Å²) < 4.78 is 10.3. The van der Waals surface area contributed by atoms with E-state index in [2.05, 4.69) is 11.9 Å². The fourth-order valence-electron chi connectivity index (χ4n) is 3.37. The van der Waals surface area contributed by atoms with Crippen LogP contribution in [-0.4, -0.2) is 42.5 Å². The molecule has 1 amide bonds. The summed E-state index contributed by atoms with van der Waals surface area (Å²) in [4.78, 5) is 24.2. The Kier molecular flexibility index (Phi) is 6.11. The molecule has 1 aliphatic carbocycles. The molecule has 0 spiro atoms. The Balaban J connectivity index is 1.67. The zero-order valence-corrected chi connectivity index (χ0v) is 15.6. The van der Waals surface area contributed by atoms with Gasteiger partial charge >= 0.3 is 12.1 Å². The van der Waals surface area contributed by atoms with E-state index in [0.717, 1.165) is 22.3 Å². The summed E-state index contributed by atoms with van der Waals surface area (Å²) in [6.07, 6.45) is -0.509. The van der Waals surface area contributed by atoms with Crippen molar-refractivity contribution in [1.82, 2.24) is 5.32 Å². The molecule has 0 unspecified atom stereocenters. The summed E-state index contributed by atoms with van der Waals surface area (Å²) in [7, 11) is 0. The van der Waals surface area contributed by atoms with Gasteiger partial charge in [0.1, 0.15) is 13.2 Å². The third-order valence-electron chi connectivity index (χ3n) is 4.70. The lowest BCUT2D eigenvalue weighted by Crippen LogP contribution is -2.48. The highest BCUT2D eigenvalue weighted by atomic mass is 16.6. The first-order chi connectivity index (χ1) is 13.5. The van der Waals surface area contributed by atoms with Crippen molar-refractivity contribution in [3.05, 3.63) is 72.3 Å². The van der Waals surface area contributed by atoms with E-state index in [4.69, 9.17) is 9.47 Å². The van der Waals surface area contributed by atoms with Crippen LogP contribution in [0.5, 0.6) is 0 Å². The van der Waals surface area contributed by atoms with Gasteiger partial charge in [0.05, 0.1) is 6.10 Å². The quantitative estimate of drug-likeness (QED) is 0.569. The molecule has 0 saturated carbocycles. The van der Waals surface area contributed by atoms with Gasteiger partial charge in [0.15, 0.2) is 6.04 Å². The van der Waals surface area contributed by atoms with E-state index in [1.54, 1.807) is 0 Å². The molecular weight excluding hydrogens is 358 g/mol. The van der Waals surface area contributed by atoms with E-state index in [0.29, 0.717) is 0 Å². The fourth-order valence-corrected chi connectivity index (χ4v) is 3.37. The number of aliphatic hydroxyl groups is 1. The highest BCUT2D eigenvalue weighted by molar-refractivity contribution is 5.82. The zero-order valence-electron chi connectivity index (χ0n) is 15.6. The molecule has 6 heteroatoms. The van der Waals surface area contributed by atoms with E-state index < -0.39 is 24.2 Å². The highest BCUT2D eigenvalue weighted by Gasteiger charge is 2.31. The van der Waals surface area contributed by atoms with Gasteiger partial charge in [-0.05, 0) is 29.2 Å². The number of hydrogen-bond acceptors (Lipinski definition) is 5. The number of nitrogens with one attached hydrogen (secondary N) is 1. The number of hydrogen-bond donors (Lipinski definition) is 2. The standard InChI is InChI=1S/C22H23NO5/c1-3-12-27-21(25)20(14(2)24)23-22(26)28-13-19-17-10-6-4-8-15(17)16-9-5-7-11-18(16)19/h3-11,14,19-20,24H,1,12-13H2,2H3,(H,23,26)/t14-,20+/m1/s1. The summed E-state index contributed by atoms with van der Waals surface area (Å²) in [5, 5.41) is 12.2. The van der Waals surface area contributed by atoms with Crippen molar-refractivity contribution in [2.75, 3.05) is 13.2 Å². The van der Waals surface area contributed by atoms with Gasteiger partial charge in [0.25, 0.3) is 0 Å². The number of benzene rings is 2. The second-order valence-corrected chi connectivity index (χ2v) is 6.61. The highest BCUT2D eigenvalue weighted by Crippen LogP contribution is 2.44. The molecule has 0 radical (unpaired) electrons. The molecule has 0 saturated heterocycles. The Bertz CT molecular complexity index is 831. The molecule has 2 aromatic rings. The average Bonchev–Trinajstić information content (AvgIpc) is 3.02. The molecule has 0 aromatic heterocycles. The van der Waals surface area contributed by atoms with Gasteiger partial charge in [-0.1, -0.05) is 61.2 Å². The van der Waals surface area contributed by atoms with E-state index >= 15 is 0 Å². The summed E-state index contributed by atoms with van der Waals surface area (Å²) in [5.41, 5.74) is 4.44. The Morgan fingerprint density at radius 2 is 1.68 bits per heavy atom. The molecule has 3 rings (SSSR count). The van der Waals surface area contributed by atoms with Crippen LogP contribution >= 0.6 is 0 Å². The van der Waals surface area contributed by atoms with Crippen molar-refractivity contribution in [2.24, 2.45) is 0 Å². The first-order valence-corrected chi connectivity index (χ1v) is 9.10. The first kappa shape index (κ1) is 19.6. The van der Waals surface area contributed by atoms with E-state index in [-0.39, 0.29) is 19.1 Å². The Labute approximate surface area is 163 Å². The monoisotopic (exact) mass is 381 g/mol. The summed E-state index contributed by atoms with van der Waals surface area (Å²) in [6.45, 7) is 4.96. The van der Waals surface area contributed by atoms with Crippen LogP contribution in [0.2, 0.25) is 0 Å². The molecule has 146 valence electrons. The number of fused-ring (bicyclic) bond motifs is 3. The second kappa shape index (κ2) is 8.71. The number of alkyl carbamates (subject to hydrolysis) is 1. The lowest BCUT2D eigenvalue weighted by molar-refractivity contribution is -0.147. The zero-order chi connectivity index (χ0) is 20.1. The fraction of sp³-hybridized carbons (Fsp3) is 0.273. The number of esters is 1. The van der Waals surface area contributed by atoms with Crippen LogP contribution in [-0.2, 0) is 14.3 Å². The largest absolute Gasteiger partial charge is 0.460 e. The maximum absolute atomic E-state index is 12.2. The predicted octanol–water partition coefficient (Wildman–Crippen LogP) is 3.00. The molecule has 0 heterocycles. The van der Waals surface area contributed by atoms with Gasteiger partial charge in [-0.25, -0.2) is 9.59 Å². The van der Waals surface area contributed by atoms with Gasteiger partial charge in [-0.15, -0.1) is 0 Å². The summed E-state index contributed by atoms with van der Waals surface area (Å²) in [6, 6.07) is 14.8. The molecule has 2 aromatic carbocycles. The Morgan fingerprint density at radius 3 is 2.21 bits per heavy atom. The van der Waals surface area contributed by atoms with E-state index in [1.807, 2.05) is 48.5 Å². The molecule has 28 heavy (non-hydrogen) atoms.